The summed E-state index contributed by atoms with van der Waals surface area (Å²) in [6.45, 7) is 4.80. The molecule has 3 heterocycles. The molecule has 140 valence electrons. The Labute approximate surface area is 154 Å². The van der Waals surface area contributed by atoms with Crippen LogP contribution in [-0.2, 0) is 12.6 Å². The molecule has 1 saturated heterocycles. The summed E-state index contributed by atoms with van der Waals surface area (Å²) in [6.07, 6.45) is -2.15. The van der Waals surface area contributed by atoms with Gasteiger partial charge in [0.2, 0.25) is 0 Å². The normalized spacial score (nSPS) is 18.2. The Bertz CT molecular complexity index is 803. The first kappa shape index (κ1) is 18.8. The number of carbonyl (C=O) groups is 1. The van der Waals surface area contributed by atoms with Crippen LogP contribution in [0.15, 0.2) is 17.5 Å². The van der Waals surface area contributed by atoms with Crippen LogP contribution in [0.4, 0.5) is 13.2 Å². The number of pyridine rings is 1. The van der Waals surface area contributed by atoms with E-state index in [1.54, 1.807) is 11.0 Å². The fraction of sp³-hybridized carbons (Fsp3) is 0.500. The van der Waals surface area contributed by atoms with Gasteiger partial charge in [-0.3, -0.25) is 9.78 Å². The van der Waals surface area contributed by atoms with Crippen molar-refractivity contribution < 1.29 is 18.0 Å². The molecule has 1 amide bonds. The standard InChI is InChI=1S/C18H20F3N3OS/c1-3-13-6-7-14(11(2)22-13)17(25)24-8-4-5-12(9-24)16-23-15(10-26-16)18(19,20)21/h6-7,10,12H,3-5,8-9H2,1-2H3. The Balaban J connectivity index is 1.76. The van der Waals surface area contributed by atoms with Crippen molar-refractivity contribution in [3.05, 3.63) is 45.2 Å². The number of nitrogens with zero attached hydrogens (tertiary/aromatic N) is 3. The summed E-state index contributed by atoms with van der Waals surface area (Å²) in [4.78, 5) is 22.7. The molecule has 1 atom stereocenters. The minimum absolute atomic E-state index is 0.116. The van der Waals surface area contributed by atoms with Crippen LogP contribution in [0.5, 0.6) is 0 Å². The number of carbonyl (C=O) groups excluding carboxylic acids is 1. The summed E-state index contributed by atoms with van der Waals surface area (Å²) in [5.41, 5.74) is 1.32. The fourth-order valence-corrected chi connectivity index (χ4v) is 4.13. The summed E-state index contributed by atoms with van der Waals surface area (Å²) < 4.78 is 38.3. The quantitative estimate of drug-likeness (QED) is 0.787. The van der Waals surface area contributed by atoms with Gasteiger partial charge in [0, 0.05) is 30.1 Å². The van der Waals surface area contributed by atoms with Crippen LogP contribution in [0.1, 0.15) is 58.1 Å². The van der Waals surface area contributed by atoms with E-state index in [1.165, 1.54) is 0 Å². The van der Waals surface area contributed by atoms with Crippen LogP contribution in [0, 0.1) is 6.92 Å². The molecule has 2 aromatic rings. The summed E-state index contributed by atoms with van der Waals surface area (Å²) >= 11 is 1.02. The molecule has 3 rings (SSSR count). The number of rotatable bonds is 3. The van der Waals surface area contributed by atoms with E-state index < -0.39 is 11.9 Å². The average molecular weight is 383 g/mol. The van der Waals surface area contributed by atoms with Crippen molar-refractivity contribution in [3.63, 3.8) is 0 Å². The van der Waals surface area contributed by atoms with E-state index in [1.807, 2.05) is 19.9 Å². The number of aromatic nitrogens is 2. The SMILES string of the molecule is CCc1ccc(C(=O)N2CCCC(c3nc(C(F)(F)F)cs3)C2)c(C)n1. The Morgan fingerprint density at radius 1 is 1.35 bits per heavy atom. The summed E-state index contributed by atoms with van der Waals surface area (Å²) in [5, 5.41) is 1.50. The van der Waals surface area contributed by atoms with Crippen molar-refractivity contribution in [1.29, 1.82) is 0 Å². The van der Waals surface area contributed by atoms with E-state index >= 15 is 0 Å². The number of likely N-dealkylation sites (tertiary alicyclic amines) is 1. The van der Waals surface area contributed by atoms with Crippen LogP contribution in [0.25, 0.3) is 0 Å². The maximum absolute atomic E-state index is 12.9. The topological polar surface area (TPSA) is 46.1 Å². The number of hydrogen-bond donors (Lipinski definition) is 0. The number of thiazole rings is 1. The Kier molecular flexibility index (Phi) is 5.32. The second-order valence-electron chi connectivity index (χ2n) is 6.45. The van der Waals surface area contributed by atoms with E-state index in [4.69, 9.17) is 0 Å². The van der Waals surface area contributed by atoms with Gasteiger partial charge in [0.1, 0.15) is 0 Å². The molecule has 8 heteroatoms. The summed E-state index contributed by atoms with van der Waals surface area (Å²) in [5.74, 6) is -0.271. The Morgan fingerprint density at radius 2 is 2.12 bits per heavy atom. The summed E-state index contributed by atoms with van der Waals surface area (Å²) in [7, 11) is 0. The summed E-state index contributed by atoms with van der Waals surface area (Å²) in [6, 6.07) is 3.64. The first-order valence-corrected chi connectivity index (χ1v) is 9.46. The molecule has 1 aliphatic rings. The number of alkyl halides is 3. The van der Waals surface area contributed by atoms with Gasteiger partial charge in [0.05, 0.1) is 16.3 Å². The zero-order valence-corrected chi connectivity index (χ0v) is 15.5. The molecule has 0 aromatic carbocycles. The van der Waals surface area contributed by atoms with Gasteiger partial charge >= 0.3 is 6.18 Å². The minimum atomic E-state index is -4.43. The Morgan fingerprint density at radius 3 is 2.73 bits per heavy atom. The maximum Gasteiger partial charge on any atom is 0.434 e. The molecule has 0 N–H and O–H groups in total. The van der Waals surface area contributed by atoms with Crippen LogP contribution in [-0.4, -0.2) is 33.9 Å². The number of amides is 1. The van der Waals surface area contributed by atoms with Gasteiger partial charge in [0.25, 0.3) is 5.91 Å². The van der Waals surface area contributed by atoms with E-state index in [0.717, 1.165) is 41.7 Å². The van der Waals surface area contributed by atoms with Crippen molar-refractivity contribution in [3.8, 4) is 0 Å². The van der Waals surface area contributed by atoms with Gasteiger partial charge in [0.15, 0.2) is 5.69 Å². The van der Waals surface area contributed by atoms with Crippen LogP contribution in [0.2, 0.25) is 0 Å². The molecular weight excluding hydrogens is 363 g/mol. The van der Waals surface area contributed by atoms with Gasteiger partial charge in [-0.25, -0.2) is 4.98 Å². The van der Waals surface area contributed by atoms with E-state index in [0.29, 0.717) is 29.4 Å². The number of hydrogen-bond acceptors (Lipinski definition) is 4. The fourth-order valence-electron chi connectivity index (χ4n) is 3.17. The van der Waals surface area contributed by atoms with E-state index in [-0.39, 0.29) is 11.8 Å². The van der Waals surface area contributed by atoms with Crippen LogP contribution in [0.3, 0.4) is 0 Å². The molecule has 0 radical (unpaired) electrons. The zero-order chi connectivity index (χ0) is 18.9. The number of halogens is 3. The lowest BCUT2D eigenvalue weighted by atomic mass is 9.97. The molecule has 1 aliphatic heterocycles. The highest BCUT2D eigenvalue weighted by molar-refractivity contribution is 7.09. The van der Waals surface area contributed by atoms with E-state index in [9.17, 15) is 18.0 Å². The minimum Gasteiger partial charge on any atom is -0.338 e. The Hall–Kier alpha value is -1.96. The van der Waals surface area contributed by atoms with Crippen molar-refractivity contribution in [2.45, 2.75) is 45.2 Å². The van der Waals surface area contributed by atoms with Gasteiger partial charge in [-0.1, -0.05) is 6.92 Å². The average Bonchev–Trinajstić information content (AvgIpc) is 3.12. The zero-order valence-electron chi connectivity index (χ0n) is 14.6. The third-order valence-electron chi connectivity index (χ3n) is 4.61. The van der Waals surface area contributed by atoms with Gasteiger partial charge in [-0.15, -0.1) is 11.3 Å². The lowest BCUT2D eigenvalue weighted by molar-refractivity contribution is -0.140. The molecule has 0 bridgehead atoms. The molecule has 4 nitrogen and oxygen atoms in total. The molecule has 1 fully saturated rings. The van der Waals surface area contributed by atoms with E-state index in [2.05, 4.69) is 9.97 Å². The maximum atomic E-state index is 12.9. The van der Waals surface area contributed by atoms with Crippen molar-refractivity contribution in [2.75, 3.05) is 13.1 Å². The van der Waals surface area contributed by atoms with Crippen molar-refractivity contribution in [2.24, 2.45) is 0 Å². The van der Waals surface area contributed by atoms with Crippen LogP contribution < -0.4 is 0 Å². The van der Waals surface area contributed by atoms with Gasteiger partial charge in [-0.05, 0) is 38.3 Å². The van der Waals surface area contributed by atoms with Gasteiger partial charge in [-0.2, -0.15) is 13.2 Å². The second kappa shape index (κ2) is 7.34. The second-order valence-corrected chi connectivity index (χ2v) is 7.34. The molecule has 2 aromatic heterocycles. The predicted octanol–water partition coefficient (Wildman–Crippen LogP) is 4.45. The highest BCUT2D eigenvalue weighted by Crippen LogP contribution is 2.35. The third-order valence-corrected chi connectivity index (χ3v) is 5.61. The molecular formula is C18H20F3N3OS. The highest BCUT2D eigenvalue weighted by atomic mass is 32.1. The van der Waals surface area contributed by atoms with Gasteiger partial charge < -0.3 is 4.90 Å². The van der Waals surface area contributed by atoms with Crippen molar-refractivity contribution in [1.82, 2.24) is 14.9 Å². The van der Waals surface area contributed by atoms with Crippen LogP contribution >= 0.6 is 11.3 Å². The molecule has 0 saturated carbocycles. The highest BCUT2D eigenvalue weighted by Gasteiger charge is 2.35. The lowest BCUT2D eigenvalue weighted by Crippen LogP contribution is -2.39. The first-order chi connectivity index (χ1) is 12.3. The monoisotopic (exact) mass is 383 g/mol. The largest absolute Gasteiger partial charge is 0.434 e. The molecule has 0 spiro atoms. The predicted molar refractivity (Wildman–Crippen MR) is 93.3 cm³/mol. The van der Waals surface area contributed by atoms with Crippen molar-refractivity contribution >= 4 is 17.2 Å². The molecule has 26 heavy (non-hydrogen) atoms. The molecule has 1 unspecified atom stereocenters. The first-order valence-electron chi connectivity index (χ1n) is 8.58. The lowest BCUT2D eigenvalue weighted by Gasteiger charge is -2.32. The smallest absolute Gasteiger partial charge is 0.338 e. The molecule has 0 aliphatic carbocycles. The third kappa shape index (κ3) is 3.90. The number of piperidine rings is 1. The number of aryl methyl sites for hydroxylation is 2.